The van der Waals surface area contributed by atoms with Gasteiger partial charge in [-0.05, 0) is 63.3 Å². The van der Waals surface area contributed by atoms with E-state index in [2.05, 4.69) is 40.4 Å². The Morgan fingerprint density at radius 1 is 0.735 bits per heavy atom. The number of piperazine rings is 1. The van der Waals surface area contributed by atoms with Crippen molar-refractivity contribution in [2.24, 2.45) is 0 Å². The summed E-state index contributed by atoms with van der Waals surface area (Å²) in [6.45, 7) is 4.49. The van der Waals surface area contributed by atoms with Gasteiger partial charge in [-0.15, -0.1) is 0 Å². The summed E-state index contributed by atoms with van der Waals surface area (Å²) in [7, 11) is 4.22. The Hall–Kier alpha value is -3.32. The molecule has 2 aliphatic rings. The molecule has 3 aromatic rings. The summed E-state index contributed by atoms with van der Waals surface area (Å²) in [5, 5.41) is 0. The molecule has 2 fully saturated rings. The smallest absolute Gasteiger partial charge is 0.255 e. The van der Waals surface area contributed by atoms with E-state index in [0.717, 1.165) is 61.5 Å². The summed E-state index contributed by atoms with van der Waals surface area (Å²) in [4.78, 5) is 34.5. The Kier molecular flexibility index (Phi) is 6.28. The highest BCUT2D eigenvalue weighted by molar-refractivity contribution is 5.95. The van der Waals surface area contributed by atoms with E-state index in [4.69, 9.17) is 0 Å². The molecule has 7 nitrogen and oxygen atoms in total. The molecule has 0 N–H and O–H groups in total. The number of pyridine rings is 1. The van der Waals surface area contributed by atoms with Crippen molar-refractivity contribution < 1.29 is 9.59 Å². The van der Waals surface area contributed by atoms with Gasteiger partial charge in [0.1, 0.15) is 5.82 Å². The second-order valence-electron chi connectivity index (χ2n) is 9.54. The Labute approximate surface area is 201 Å². The molecule has 2 saturated heterocycles. The molecule has 0 unspecified atom stereocenters. The van der Waals surface area contributed by atoms with Gasteiger partial charge in [0.05, 0.1) is 5.56 Å². The van der Waals surface area contributed by atoms with Crippen LogP contribution >= 0.6 is 0 Å². The van der Waals surface area contributed by atoms with Crippen LogP contribution < -0.4 is 4.90 Å². The lowest BCUT2D eigenvalue weighted by molar-refractivity contribution is 0.0662. The minimum atomic E-state index is 0.0891. The van der Waals surface area contributed by atoms with Crippen LogP contribution in [0.15, 0.2) is 60.8 Å². The van der Waals surface area contributed by atoms with Gasteiger partial charge in [0.25, 0.3) is 11.8 Å². The molecule has 0 spiro atoms. The van der Waals surface area contributed by atoms with Crippen LogP contribution in [-0.4, -0.2) is 90.3 Å². The van der Waals surface area contributed by atoms with Gasteiger partial charge in [-0.3, -0.25) is 9.59 Å². The summed E-state index contributed by atoms with van der Waals surface area (Å²) < 4.78 is 2.12. The molecule has 0 saturated carbocycles. The fourth-order valence-corrected chi connectivity index (χ4v) is 5.14. The van der Waals surface area contributed by atoms with Crippen LogP contribution in [0.2, 0.25) is 0 Å². The third-order valence-corrected chi connectivity index (χ3v) is 7.27. The van der Waals surface area contributed by atoms with Crippen molar-refractivity contribution in [2.45, 2.75) is 18.9 Å². The van der Waals surface area contributed by atoms with Gasteiger partial charge in [-0.2, -0.15) is 0 Å². The largest absolute Gasteiger partial charge is 0.354 e. The van der Waals surface area contributed by atoms with Gasteiger partial charge in [0.2, 0.25) is 0 Å². The first kappa shape index (κ1) is 22.5. The number of anilines is 1. The van der Waals surface area contributed by atoms with Crippen molar-refractivity contribution in [3.8, 4) is 0 Å². The van der Waals surface area contributed by atoms with Gasteiger partial charge in [0.15, 0.2) is 0 Å². The maximum absolute atomic E-state index is 13.2. The quantitative estimate of drug-likeness (QED) is 0.602. The summed E-state index contributed by atoms with van der Waals surface area (Å²) in [6.07, 6.45) is 4.01. The zero-order valence-electron chi connectivity index (χ0n) is 20.1. The number of hydrogen-bond donors (Lipinski definition) is 0. The Balaban J connectivity index is 1.28. The van der Waals surface area contributed by atoms with Crippen molar-refractivity contribution >= 4 is 23.1 Å². The van der Waals surface area contributed by atoms with Gasteiger partial charge in [0, 0.05) is 62.6 Å². The number of aromatic nitrogens is 1. The summed E-state index contributed by atoms with van der Waals surface area (Å²) in [6, 6.07) is 18.2. The molecule has 0 bridgehead atoms. The molecule has 2 aliphatic heterocycles. The van der Waals surface area contributed by atoms with E-state index in [1.54, 1.807) is 0 Å². The Morgan fingerprint density at radius 2 is 1.35 bits per heavy atom. The third kappa shape index (κ3) is 4.40. The number of fused-ring (bicyclic) bond motifs is 1. The molecule has 34 heavy (non-hydrogen) atoms. The zero-order valence-corrected chi connectivity index (χ0v) is 20.1. The van der Waals surface area contributed by atoms with Crippen LogP contribution in [0.1, 0.15) is 33.6 Å². The molecule has 2 amide bonds. The van der Waals surface area contributed by atoms with Crippen LogP contribution in [0.3, 0.4) is 0 Å². The summed E-state index contributed by atoms with van der Waals surface area (Å²) >= 11 is 0. The van der Waals surface area contributed by atoms with E-state index in [1.807, 2.05) is 58.5 Å². The predicted molar refractivity (Wildman–Crippen MR) is 135 cm³/mol. The third-order valence-electron chi connectivity index (χ3n) is 7.27. The number of piperidine rings is 1. The highest BCUT2D eigenvalue weighted by Gasteiger charge is 2.26. The second-order valence-corrected chi connectivity index (χ2v) is 9.54. The molecule has 0 atom stereocenters. The molecule has 2 aromatic heterocycles. The fraction of sp³-hybridized carbons (Fsp3) is 0.407. The van der Waals surface area contributed by atoms with Crippen molar-refractivity contribution in [2.75, 3.05) is 58.3 Å². The van der Waals surface area contributed by atoms with Gasteiger partial charge < -0.3 is 24.0 Å². The molecule has 0 radical (unpaired) electrons. The molecular weight excluding hydrogens is 426 g/mol. The van der Waals surface area contributed by atoms with Gasteiger partial charge >= 0.3 is 0 Å². The van der Waals surface area contributed by atoms with E-state index in [9.17, 15) is 9.59 Å². The molecule has 7 heteroatoms. The first-order valence-corrected chi connectivity index (χ1v) is 12.2. The van der Waals surface area contributed by atoms with E-state index < -0.39 is 0 Å². The first-order valence-electron chi connectivity index (χ1n) is 12.2. The number of nitrogens with zero attached hydrogens (tertiary/aromatic N) is 5. The second kappa shape index (κ2) is 9.50. The minimum absolute atomic E-state index is 0.0891. The monoisotopic (exact) mass is 459 g/mol. The van der Waals surface area contributed by atoms with Crippen LogP contribution in [0.25, 0.3) is 5.52 Å². The fourth-order valence-electron chi connectivity index (χ4n) is 5.14. The van der Waals surface area contributed by atoms with Crippen LogP contribution in [0.5, 0.6) is 0 Å². The molecule has 1 aromatic carbocycles. The number of likely N-dealkylation sites (tertiary alicyclic amines) is 1. The Morgan fingerprint density at radius 3 is 2.03 bits per heavy atom. The average molecular weight is 460 g/mol. The summed E-state index contributed by atoms with van der Waals surface area (Å²) in [5.41, 5.74) is 2.54. The maximum Gasteiger partial charge on any atom is 0.255 e. The highest BCUT2D eigenvalue weighted by atomic mass is 16.2. The van der Waals surface area contributed by atoms with Crippen molar-refractivity contribution in [1.82, 2.24) is 19.1 Å². The molecule has 178 valence electrons. The normalized spacial score (nSPS) is 17.6. The molecule has 4 heterocycles. The lowest BCUT2D eigenvalue weighted by Crippen LogP contribution is -2.49. The standard InChI is InChI=1S/C27H33N5O2/c1-28(2)23-12-14-30(15-13-23)27(34)22-8-9-24-10-11-25(32(24)20-22)29-16-18-31(19-17-29)26(33)21-6-4-3-5-7-21/h3-11,20,23H,12-19H2,1-2H3. The maximum atomic E-state index is 13.2. The van der Waals surface area contributed by atoms with Gasteiger partial charge in [-0.25, -0.2) is 0 Å². The topological polar surface area (TPSA) is 51.5 Å². The lowest BCUT2D eigenvalue weighted by Gasteiger charge is -2.36. The van der Waals surface area contributed by atoms with E-state index >= 15 is 0 Å². The van der Waals surface area contributed by atoms with E-state index in [1.165, 1.54) is 0 Å². The number of carbonyl (C=O) groups is 2. The van der Waals surface area contributed by atoms with Crippen molar-refractivity contribution in [1.29, 1.82) is 0 Å². The van der Waals surface area contributed by atoms with E-state index in [0.29, 0.717) is 19.1 Å². The van der Waals surface area contributed by atoms with Crippen LogP contribution in [-0.2, 0) is 0 Å². The van der Waals surface area contributed by atoms with Crippen molar-refractivity contribution in [3.63, 3.8) is 0 Å². The lowest BCUT2D eigenvalue weighted by atomic mass is 10.0. The van der Waals surface area contributed by atoms with Crippen molar-refractivity contribution in [3.05, 3.63) is 71.9 Å². The number of amides is 2. The average Bonchev–Trinajstić information content (AvgIpc) is 3.32. The van der Waals surface area contributed by atoms with E-state index in [-0.39, 0.29) is 11.8 Å². The van der Waals surface area contributed by atoms with Crippen LogP contribution in [0, 0.1) is 0 Å². The molecule has 5 rings (SSSR count). The Bertz CT molecular complexity index is 1160. The molecular formula is C27H33N5O2. The number of rotatable bonds is 4. The van der Waals surface area contributed by atoms with Gasteiger partial charge in [-0.1, -0.05) is 18.2 Å². The zero-order chi connectivity index (χ0) is 23.7. The summed E-state index contributed by atoms with van der Waals surface area (Å²) in [5.74, 6) is 1.27. The predicted octanol–water partition coefficient (Wildman–Crippen LogP) is 3.07. The highest BCUT2D eigenvalue weighted by Crippen LogP contribution is 2.24. The SMILES string of the molecule is CN(C)C1CCN(C(=O)c2ccc3ccc(N4CCN(C(=O)c5ccccc5)CC4)n3c2)CC1. The number of carbonyl (C=O) groups excluding carboxylic acids is 2. The van der Waals surface area contributed by atoms with Crippen LogP contribution in [0.4, 0.5) is 5.82 Å². The number of benzene rings is 1. The first-order chi connectivity index (χ1) is 16.5. The number of hydrogen-bond acceptors (Lipinski definition) is 4. The molecule has 0 aliphatic carbocycles. The minimum Gasteiger partial charge on any atom is -0.354 e.